The molecular formula is C24H23NO. The van der Waals surface area contributed by atoms with E-state index in [4.69, 9.17) is 0 Å². The van der Waals surface area contributed by atoms with Crippen LogP contribution in [0.4, 0.5) is 5.69 Å². The predicted octanol–water partition coefficient (Wildman–Crippen LogP) is 5.80. The lowest BCUT2D eigenvalue weighted by molar-refractivity contribution is -0.114. The fourth-order valence-electron chi connectivity index (χ4n) is 2.94. The van der Waals surface area contributed by atoms with Crippen molar-refractivity contribution in [2.75, 3.05) is 5.32 Å². The van der Waals surface area contributed by atoms with Crippen LogP contribution < -0.4 is 5.32 Å². The highest BCUT2D eigenvalue weighted by Gasteiger charge is 2.11. The minimum Gasteiger partial charge on any atom is -0.326 e. The van der Waals surface area contributed by atoms with E-state index in [1.165, 1.54) is 29.2 Å². The molecule has 0 saturated heterocycles. The van der Waals surface area contributed by atoms with E-state index >= 15 is 0 Å². The number of amides is 1. The maximum Gasteiger partial charge on any atom is 0.221 e. The Morgan fingerprint density at radius 2 is 1.42 bits per heavy atom. The standard InChI is InChI=1S/C24H23NO/c1-18-8-11-21(12-9-18)24(17-10-20-6-4-3-5-7-20)22-13-15-23(16-14-22)25-19(2)26/h3-17,24H,1-2H3,(H,25,26)/b17-10+. The van der Waals surface area contributed by atoms with Crippen molar-refractivity contribution in [3.05, 3.63) is 107 Å². The molecule has 26 heavy (non-hydrogen) atoms. The van der Waals surface area contributed by atoms with Gasteiger partial charge in [-0.25, -0.2) is 0 Å². The van der Waals surface area contributed by atoms with Crippen LogP contribution in [-0.2, 0) is 4.79 Å². The number of aryl methyl sites for hydroxylation is 1. The Kier molecular flexibility index (Phi) is 5.65. The summed E-state index contributed by atoms with van der Waals surface area (Å²) >= 11 is 0. The summed E-state index contributed by atoms with van der Waals surface area (Å²) in [4.78, 5) is 11.2. The van der Waals surface area contributed by atoms with Gasteiger partial charge < -0.3 is 5.32 Å². The molecule has 0 aliphatic carbocycles. The van der Waals surface area contributed by atoms with E-state index in [1.807, 2.05) is 30.3 Å². The van der Waals surface area contributed by atoms with Crippen molar-refractivity contribution in [2.45, 2.75) is 19.8 Å². The minimum absolute atomic E-state index is 0.0585. The van der Waals surface area contributed by atoms with Gasteiger partial charge in [-0.2, -0.15) is 0 Å². The molecule has 1 unspecified atom stereocenters. The molecule has 3 aromatic carbocycles. The van der Waals surface area contributed by atoms with Gasteiger partial charge in [0.25, 0.3) is 0 Å². The minimum atomic E-state index is -0.0585. The zero-order chi connectivity index (χ0) is 18.4. The Morgan fingerprint density at radius 1 is 0.846 bits per heavy atom. The number of carbonyl (C=O) groups is 1. The molecule has 1 N–H and O–H groups in total. The summed E-state index contributed by atoms with van der Waals surface area (Å²) in [6.07, 6.45) is 4.39. The molecule has 130 valence electrons. The third-order valence-corrected chi connectivity index (χ3v) is 4.31. The van der Waals surface area contributed by atoms with Gasteiger partial charge in [-0.1, -0.05) is 84.4 Å². The fraction of sp³-hybridized carbons (Fsp3) is 0.125. The van der Waals surface area contributed by atoms with Crippen molar-refractivity contribution in [3.63, 3.8) is 0 Å². The second-order valence-electron chi connectivity index (χ2n) is 6.46. The summed E-state index contributed by atoms with van der Waals surface area (Å²) in [5.41, 5.74) is 5.68. The second-order valence-corrected chi connectivity index (χ2v) is 6.46. The van der Waals surface area contributed by atoms with Gasteiger partial charge in [0.2, 0.25) is 5.91 Å². The Balaban J connectivity index is 1.93. The van der Waals surface area contributed by atoms with Gasteiger partial charge in [0.1, 0.15) is 0 Å². The Bertz CT molecular complexity index is 878. The molecule has 0 aliphatic rings. The molecule has 0 fully saturated rings. The van der Waals surface area contributed by atoms with Gasteiger partial charge in [0, 0.05) is 18.5 Å². The van der Waals surface area contributed by atoms with E-state index in [0.717, 1.165) is 5.69 Å². The smallest absolute Gasteiger partial charge is 0.221 e. The van der Waals surface area contributed by atoms with E-state index in [2.05, 4.69) is 72.9 Å². The zero-order valence-electron chi connectivity index (χ0n) is 15.1. The van der Waals surface area contributed by atoms with Gasteiger partial charge >= 0.3 is 0 Å². The number of hydrogen-bond donors (Lipinski definition) is 1. The van der Waals surface area contributed by atoms with Crippen molar-refractivity contribution in [1.29, 1.82) is 0 Å². The van der Waals surface area contributed by atoms with Gasteiger partial charge in [-0.15, -0.1) is 0 Å². The van der Waals surface area contributed by atoms with Crippen molar-refractivity contribution in [1.82, 2.24) is 0 Å². The van der Waals surface area contributed by atoms with Crippen LogP contribution in [0.5, 0.6) is 0 Å². The predicted molar refractivity (Wildman–Crippen MR) is 109 cm³/mol. The zero-order valence-corrected chi connectivity index (χ0v) is 15.1. The van der Waals surface area contributed by atoms with Gasteiger partial charge in [-0.3, -0.25) is 4.79 Å². The number of hydrogen-bond acceptors (Lipinski definition) is 1. The number of carbonyl (C=O) groups excluding carboxylic acids is 1. The lowest BCUT2D eigenvalue weighted by Crippen LogP contribution is -2.06. The summed E-state index contributed by atoms with van der Waals surface area (Å²) in [5, 5.41) is 2.82. The summed E-state index contributed by atoms with van der Waals surface area (Å²) in [5.74, 6) is 0.0963. The third-order valence-electron chi connectivity index (χ3n) is 4.31. The fourth-order valence-corrected chi connectivity index (χ4v) is 2.94. The quantitative estimate of drug-likeness (QED) is 0.624. The molecule has 2 heteroatoms. The maximum atomic E-state index is 11.2. The van der Waals surface area contributed by atoms with E-state index < -0.39 is 0 Å². The van der Waals surface area contributed by atoms with E-state index in [1.54, 1.807) is 0 Å². The van der Waals surface area contributed by atoms with Crippen LogP contribution in [0.3, 0.4) is 0 Å². The molecule has 0 aliphatic heterocycles. The number of benzene rings is 3. The first-order valence-electron chi connectivity index (χ1n) is 8.79. The normalized spacial score (nSPS) is 12.1. The van der Waals surface area contributed by atoms with Gasteiger partial charge in [-0.05, 0) is 35.7 Å². The molecule has 0 heterocycles. The maximum absolute atomic E-state index is 11.2. The highest BCUT2D eigenvalue weighted by molar-refractivity contribution is 5.88. The highest BCUT2D eigenvalue weighted by atomic mass is 16.1. The first kappa shape index (κ1) is 17.7. The molecule has 2 nitrogen and oxygen atoms in total. The van der Waals surface area contributed by atoms with E-state index in [0.29, 0.717) is 0 Å². The number of nitrogens with one attached hydrogen (secondary N) is 1. The summed E-state index contributed by atoms with van der Waals surface area (Å²) in [6, 6.07) is 27.0. The lowest BCUT2D eigenvalue weighted by atomic mass is 9.90. The van der Waals surface area contributed by atoms with Crippen molar-refractivity contribution in [2.24, 2.45) is 0 Å². The van der Waals surface area contributed by atoms with Gasteiger partial charge in [0.15, 0.2) is 0 Å². The van der Waals surface area contributed by atoms with Crippen LogP contribution in [0.25, 0.3) is 6.08 Å². The van der Waals surface area contributed by atoms with Crippen LogP contribution in [-0.4, -0.2) is 5.91 Å². The monoisotopic (exact) mass is 341 g/mol. The molecule has 3 aromatic rings. The Labute approximate surface area is 155 Å². The molecular weight excluding hydrogens is 318 g/mol. The molecule has 0 spiro atoms. The van der Waals surface area contributed by atoms with Crippen molar-refractivity contribution >= 4 is 17.7 Å². The van der Waals surface area contributed by atoms with E-state index in [-0.39, 0.29) is 11.8 Å². The molecule has 3 rings (SSSR count). The summed E-state index contributed by atoms with van der Waals surface area (Å²) in [6.45, 7) is 3.62. The second kappa shape index (κ2) is 8.30. The first-order chi connectivity index (χ1) is 12.6. The Hall–Kier alpha value is -3.13. The summed E-state index contributed by atoms with van der Waals surface area (Å²) in [7, 11) is 0. The van der Waals surface area contributed by atoms with Crippen LogP contribution in [0, 0.1) is 6.92 Å². The third kappa shape index (κ3) is 4.70. The van der Waals surface area contributed by atoms with Crippen molar-refractivity contribution < 1.29 is 4.79 Å². The van der Waals surface area contributed by atoms with Crippen molar-refractivity contribution in [3.8, 4) is 0 Å². The van der Waals surface area contributed by atoms with Crippen LogP contribution in [0.15, 0.2) is 84.9 Å². The highest BCUT2D eigenvalue weighted by Crippen LogP contribution is 2.28. The first-order valence-corrected chi connectivity index (χ1v) is 8.79. The lowest BCUT2D eigenvalue weighted by Gasteiger charge is -2.15. The molecule has 0 aromatic heterocycles. The van der Waals surface area contributed by atoms with Crippen LogP contribution in [0.2, 0.25) is 0 Å². The van der Waals surface area contributed by atoms with Crippen LogP contribution >= 0.6 is 0 Å². The average molecular weight is 341 g/mol. The number of allylic oxidation sites excluding steroid dienone is 1. The van der Waals surface area contributed by atoms with Gasteiger partial charge in [0.05, 0.1) is 0 Å². The van der Waals surface area contributed by atoms with E-state index in [9.17, 15) is 4.79 Å². The SMILES string of the molecule is CC(=O)Nc1ccc(C(/C=C/c2ccccc2)c2ccc(C)cc2)cc1. The Morgan fingerprint density at radius 3 is 2.00 bits per heavy atom. The topological polar surface area (TPSA) is 29.1 Å². The average Bonchev–Trinajstić information content (AvgIpc) is 2.65. The molecule has 0 bridgehead atoms. The number of rotatable bonds is 5. The number of anilines is 1. The molecule has 0 radical (unpaired) electrons. The molecule has 0 saturated carbocycles. The van der Waals surface area contributed by atoms with Crippen LogP contribution in [0.1, 0.15) is 35.1 Å². The summed E-state index contributed by atoms with van der Waals surface area (Å²) < 4.78 is 0. The molecule has 1 amide bonds. The molecule has 1 atom stereocenters. The largest absolute Gasteiger partial charge is 0.326 e.